The summed E-state index contributed by atoms with van der Waals surface area (Å²) < 4.78 is 18.9. The van der Waals surface area contributed by atoms with Crippen molar-refractivity contribution in [2.45, 2.75) is 39.0 Å². The Morgan fingerprint density at radius 3 is 2.60 bits per heavy atom. The molecule has 3 aromatic rings. The van der Waals surface area contributed by atoms with E-state index in [4.69, 9.17) is 21.3 Å². The number of hydrogen-bond donors (Lipinski definition) is 0. The molecule has 0 bridgehead atoms. The van der Waals surface area contributed by atoms with E-state index in [1.54, 1.807) is 13.0 Å². The fourth-order valence-electron chi connectivity index (χ4n) is 4.01. The maximum atomic E-state index is 13.9. The molecular formula is C25H23ClFNO2. The quantitative estimate of drug-likeness (QED) is 0.475. The first-order chi connectivity index (χ1) is 14.5. The van der Waals surface area contributed by atoms with Gasteiger partial charge >= 0.3 is 5.97 Å². The van der Waals surface area contributed by atoms with Gasteiger partial charge in [-0.15, -0.1) is 0 Å². The Bertz CT molecular complexity index is 1060. The Hall–Kier alpha value is -2.72. The number of carbonyl (C=O) groups excluding carboxylic acids is 1. The van der Waals surface area contributed by atoms with Gasteiger partial charge in [0.15, 0.2) is 0 Å². The Balaban J connectivity index is 1.61. The van der Waals surface area contributed by atoms with Crippen molar-refractivity contribution in [3.8, 4) is 11.3 Å². The van der Waals surface area contributed by atoms with E-state index in [2.05, 4.69) is 18.2 Å². The zero-order valence-electron chi connectivity index (χ0n) is 16.9. The highest BCUT2D eigenvalue weighted by Crippen LogP contribution is 2.31. The molecule has 3 nitrogen and oxygen atoms in total. The largest absolute Gasteiger partial charge is 0.466 e. The van der Waals surface area contributed by atoms with E-state index in [0.717, 1.165) is 48.2 Å². The molecule has 1 aliphatic carbocycles. The molecule has 0 fully saturated rings. The molecular weight excluding hydrogens is 401 g/mol. The van der Waals surface area contributed by atoms with Gasteiger partial charge in [-0.05, 0) is 79.1 Å². The van der Waals surface area contributed by atoms with Gasteiger partial charge in [0.2, 0.25) is 0 Å². The number of ether oxygens (including phenoxy) is 1. The maximum Gasteiger partial charge on any atom is 0.310 e. The lowest BCUT2D eigenvalue weighted by atomic mass is 9.96. The number of fused-ring (bicyclic) bond motifs is 1. The molecule has 1 heterocycles. The highest BCUT2D eigenvalue weighted by molar-refractivity contribution is 6.30. The smallest absolute Gasteiger partial charge is 0.310 e. The number of esters is 1. The average molecular weight is 424 g/mol. The molecule has 154 valence electrons. The second kappa shape index (κ2) is 8.97. The Morgan fingerprint density at radius 2 is 1.87 bits per heavy atom. The van der Waals surface area contributed by atoms with Crippen molar-refractivity contribution in [3.63, 3.8) is 0 Å². The van der Waals surface area contributed by atoms with Gasteiger partial charge in [0.25, 0.3) is 0 Å². The van der Waals surface area contributed by atoms with Crippen LogP contribution >= 0.6 is 11.6 Å². The number of carbonyl (C=O) groups is 1. The Morgan fingerprint density at radius 1 is 1.10 bits per heavy atom. The second-order valence-electron chi connectivity index (χ2n) is 7.58. The molecule has 0 unspecified atom stereocenters. The van der Waals surface area contributed by atoms with Crippen molar-refractivity contribution < 1.29 is 13.9 Å². The molecule has 0 spiro atoms. The number of nitrogens with zero attached hydrogens (tertiary/aromatic N) is 1. The van der Waals surface area contributed by atoms with Gasteiger partial charge in [-0.2, -0.15) is 0 Å². The third-order valence-electron chi connectivity index (χ3n) is 5.37. The minimum absolute atomic E-state index is 0.212. The zero-order valence-corrected chi connectivity index (χ0v) is 17.6. The molecule has 5 heteroatoms. The lowest BCUT2D eigenvalue weighted by molar-refractivity contribution is -0.142. The second-order valence-corrected chi connectivity index (χ2v) is 8.02. The Kier molecular flexibility index (Phi) is 6.14. The number of halogens is 2. The molecule has 0 saturated heterocycles. The molecule has 0 atom stereocenters. The van der Waals surface area contributed by atoms with E-state index >= 15 is 0 Å². The van der Waals surface area contributed by atoms with Crippen LogP contribution in [0.15, 0.2) is 48.5 Å². The Labute approximate surface area is 180 Å². The molecule has 4 rings (SSSR count). The van der Waals surface area contributed by atoms with Crippen LogP contribution < -0.4 is 0 Å². The summed E-state index contributed by atoms with van der Waals surface area (Å²) in [6, 6.07) is 14.6. The predicted molar refractivity (Wildman–Crippen MR) is 116 cm³/mol. The van der Waals surface area contributed by atoms with Crippen LogP contribution in [0.5, 0.6) is 0 Å². The number of hydrogen-bond acceptors (Lipinski definition) is 3. The monoisotopic (exact) mass is 423 g/mol. The van der Waals surface area contributed by atoms with Crippen molar-refractivity contribution in [2.24, 2.45) is 0 Å². The summed E-state index contributed by atoms with van der Waals surface area (Å²) in [7, 11) is 0. The lowest BCUT2D eigenvalue weighted by Gasteiger charge is -2.13. The molecule has 1 aromatic heterocycles. The molecule has 30 heavy (non-hydrogen) atoms. The summed E-state index contributed by atoms with van der Waals surface area (Å²) in [6.45, 7) is 2.20. The van der Waals surface area contributed by atoms with E-state index in [1.807, 2.05) is 12.1 Å². The van der Waals surface area contributed by atoms with E-state index in [1.165, 1.54) is 23.3 Å². The van der Waals surface area contributed by atoms with Crippen LogP contribution in [-0.2, 0) is 35.2 Å². The fraction of sp³-hybridized carbons (Fsp3) is 0.280. The zero-order chi connectivity index (χ0) is 21.1. The standard InChI is InChI=1S/C25H23ClFNO2/c1-2-30-25(29)11-17-8-6-16(7-9-17)10-18-14-24(28-23-5-3-4-22(18)23)19-12-20(26)15-21(27)13-19/h6-9,12-15H,2-5,10-11H2,1H3. The van der Waals surface area contributed by atoms with Crippen LogP contribution in [0.25, 0.3) is 11.3 Å². The molecule has 0 radical (unpaired) electrons. The predicted octanol–water partition coefficient (Wildman–Crippen LogP) is 5.73. The molecule has 0 amide bonds. The summed E-state index contributed by atoms with van der Waals surface area (Å²) in [5.74, 6) is -0.575. The number of benzene rings is 2. The summed E-state index contributed by atoms with van der Waals surface area (Å²) >= 11 is 6.06. The summed E-state index contributed by atoms with van der Waals surface area (Å²) in [4.78, 5) is 16.5. The highest BCUT2D eigenvalue weighted by atomic mass is 35.5. The topological polar surface area (TPSA) is 39.2 Å². The summed E-state index contributed by atoms with van der Waals surface area (Å²) in [6.07, 6.45) is 4.09. The van der Waals surface area contributed by atoms with Gasteiger partial charge in [-0.25, -0.2) is 4.39 Å². The average Bonchev–Trinajstić information content (AvgIpc) is 3.18. The number of aromatic nitrogens is 1. The highest BCUT2D eigenvalue weighted by Gasteiger charge is 2.19. The van der Waals surface area contributed by atoms with Crippen LogP contribution in [-0.4, -0.2) is 17.6 Å². The summed E-state index contributed by atoms with van der Waals surface area (Å²) in [5.41, 5.74) is 7.16. The third kappa shape index (κ3) is 4.71. The minimum atomic E-state index is -0.362. The van der Waals surface area contributed by atoms with Crippen LogP contribution in [0, 0.1) is 5.82 Å². The van der Waals surface area contributed by atoms with E-state index in [-0.39, 0.29) is 18.2 Å². The van der Waals surface area contributed by atoms with Crippen molar-refractivity contribution >= 4 is 17.6 Å². The first kappa shape index (κ1) is 20.5. The van der Waals surface area contributed by atoms with E-state index in [0.29, 0.717) is 17.2 Å². The number of aryl methyl sites for hydroxylation is 1. The van der Waals surface area contributed by atoms with Crippen molar-refractivity contribution in [2.75, 3.05) is 6.61 Å². The third-order valence-corrected chi connectivity index (χ3v) is 5.59. The van der Waals surface area contributed by atoms with Crippen molar-refractivity contribution in [1.82, 2.24) is 4.98 Å². The van der Waals surface area contributed by atoms with E-state index < -0.39 is 0 Å². The lowest BCUT2D eigenvalue weighted by Crippen LogP contribution is -2.07. The van der Waals surface area contributed by atoms with Gasteiger partial charge in [0.1, 0.15) is 5.82 Å². The molecule has 0 saturated carbocycles. The van der Waals surface area contributed by atoms with Gasteiger partial charge in [-0.3, -0.25) is 9.78 Å². The molecule has 2 aromatic carbocycles. The van der Waals surface area contributed by atoms with Crippen LogP contribution in [0.3, 0.4) is 0 Å². The molecule has 1 aliphatic rings. The molecule has 0 aliphatic heterocycles. The van der Waals surface area contributed by atoms with Crippen molar-refractivity contribution in [3.05, 3.63) is 87.3 Å². The first-order valence-electron chi connectivity index (χ1n) is 10.2. The molecule has 0 N–H and O–H groups in total. The van der Waals surface area contributed by atoms with Crippen LogP contribution in [0.1, 0.15) is 41.3 Å². The van der Waals surface area contributed by atoms with Gasteiger partial charge in [-0.1, -0.05) is 35.9 Å². The van der Waals surface area contributed by atoms with Crippen LogP contribution in [0.4, 0.5) is 4.39 Å². The van der Waals surface area contributed by atoms with Gasteiger partial charge in [0, 0.05) is 16.3 Å². The van der Waals surface area contributed by atoms with Crippen LogP contribution in [0.2, 0.25) is 5.02 Å². The minimum Gasteiger partial charge on any atom is -0.466 e. The summed E-state index contributed by atoms with van der Waals surface area (Å²) in [5, 5.41) is 0.367. The number of pyridine rings is 1. The van der Waals surface area contributed by atoms with Crippen molar-refractivity contribution in [1.29, 1.82) is 0 Å². The first-order valence-corrected chi connectivity index (χ1v) is 10.6. The number of rotatable bonds is 6. The SMILES string of the molecule is CCOC(=O)Cc1ccc(Cc2cc(-c3cc(F)cc(Cl)c3)nc3c2CCC3)cc1. The fourth-order valence-corrected chi connectivity index (χ4v) is 4.23. The van der Waals surface area contributed by atoms with E-state index in [9.17, 15) is 9.18 Å². The maximum absolute atomic E-state index is 13.9. The van der Waals surface area contributed by atoms with Gasteiger partial charge in [0.05, 0.1) is 18.7 Å². The van der Waals surface area contributed by atoms with Gasteiger partial charge < -0.3 is 4.74 Å². The normalized spacial score (nSPS) is 12.6.